The van der Waals surface area contributed by atoms with E-state index in [2.05, 4.69) is 89.8 Å². The van der Waals surface area contributed by atoms with Crippen LogP contribution in [0, 0.1) is 0 Å². The van der Waals surface area contributed by atoms with Gasteiger partial charge in [0.1, 0.15) is 0 Å². The molecule has 1 aliphatic carbocycles. The van der Waals surface area contributed by atoms with Crippen LogP contribution in [0.1, 0.15) is 53.0 Å². The number of nitrogens with zero attached hydrogens (tertiary/aromatic N) is 1. The molecule has 3 heteroatoms. The Morgan fingerprint density at radius 3 is 1.84 bits per heavy atom. The van der Waals surface area contributed by atoms with E-state index >= 15 is 0 Å². The van der Waals surface area contributed by atoms with Crippen LogP contribution in [0.2, 0.25) is 0 Å². The molecule has 1 heterocycles. The standard InChI is InChI=1S/C29H31N.ClH.H2O/c1-2-9-23(10-3-1)24-18-21-30(22-19-24)20-8-15-29-27-13-6-4-11-25(27)16-17-26-12-5-7-14-28(26)29;;/h1-7,9-15,24H,8,16-22H2;1H;1H2. The number of rotatable bonds is 4. The summed E-state index contributed by atoms with van der Waals surface area (Å²) in [6.07, 6.45) is 8.47. The predicted octanol–water partition coefficient (Wildman–Crippen LogP) is 6.08. The van der Waals surface area contributed by atoms with Crippen LogP contribution < -0.4 is 0 Å². The Hall–Kier alpha value is -2.39. The van der Waals surface area contributed by atoms with Gasteiger partial charge in [0.2, 0.25) is 0 Å². The minimum Gasteiger partial charge on any atom is -0.412 e. The zero-order chi connectivity index (χ0) is 20.2. The molecule has 0 amide bonds. The van der Waals surface area contributed by atoms with Crippen LogP contribution in [0.3, 0.4) is 0 Å². The Balaban J connectivity index is 0.00000144. The lowest BCUT2D eigenvalue weighted by Crippen LogP contribution is -2.33. The van der Waals surface area contributed by atoms with Crippen molar-refractivity contribution in [1.29, 1.82) is 0 Å². The average molecular weight is 448 g/mol. The van der Waals surface area contributed by atoms with Crippen molar-refractivity contribution in [2.24, 2.45) is 0 Å². The van der Waals surface area contributed by atoms with Gasteiger partial charge in [-0.25, -0.2) is 0 Å². The Morgan fingerprint density at radius 1 is 0.719 bits per heavy atom. The SMILES string of the molecule is C(CCN1CCC(c2ccccc2)CC1)=C1c2ccccc2CCc2ccccc21.Cl.O. The predicted molar refractivity (Wildman–Crippen MR) is 138 cm³/mol. The third-order valence-corrected chi connectivity index (χ3v) is 6.93. The van der Waals surface area contributed by atoms with Gasteiger partial charge in [-0.3, -0.25) is 0 Å². The number of piperidine rings is 1. The lowest BCUT2D eigenvalue weighted by molar-refractivity contribution is 0.216. The quantitative estimate of drug-likeness (QED) is 0.477. The molecule has 0 atom stereocenters. The van der Waals surface area contributed by atoms with Crippen molar-refractivity contribution in [3.05, 3.63) is 113 Å². The van der Waals surface area contributed by atoms with Crippen LogP contribution in [0.25, 0.3) is 5.57 Å². The Morgan fingerprint density at radius 2 is 1.25 bits per heavy atom. The van der Waals surface area contributed by atoms with Gasteiger partial charge in [0, 0.05) is 6.54 Å². The second-order valence-electron chi connectivity index (χ2n) is 8.75. The number of hydrogen-bond donors (Lipinski definition) is 0. The van der Waals surface area contributed by atoms with Gasteiger partial charge in [0.15, 0.2) is 0 Å². The second kappa shape index (κ2) is 11.5. The van der Waals surface area contributed by atoms with Crippen molar-refractivity contribution < 1.29 is 5.48 Å². The topological polar surface area (TPSA) is 34.7 Å². The summed E-state index contributed by atoms with van der Waals surface area (Å²) in [7, 11) is 0. The summed E-state index contributed by atoms with van der Waals surface area (Å²) in [5.41, 5.74) is 8.81. The maximum absolute atomic E-state index is 2.66. The van der Waals surface area contributed by atoms with Gasteiger partial charge in [-0.15, -0.1) is 12.4 Å². The first kappa shape index (κ1) is 24.3. The molecule has 1 saturated heterocycles. The highest BCUT2D eigenvalue weighted by atomic mass is 35.5. The zero-order valence-corrected chi connectivity index (χ0v) is 19.5. The van der Waals surface area contributed by atoms with Crippen molar-refractivity contribution in [1.82, 2.24) is 4.90 Å². The van der Waals surface area contributed by atoms with Crippen LogP contribution in [0.15, 0.2) is 84.9 Å². The highest BCUT2D eigenvalue weighted by Crippen LogP contribution is 2.34. The Kier molecular flexibility index (Phi) is 8.69. The van der Waals surface area contributed by atoms with E-state index < -0.39 is 0 Å². The molecule has 0 aromatic heterocycles. The van der Waals surface area contributed by atoms with Crippen LogP contribution in [-0.4, -0.2) is 30.0 Å². The molecule has 0 spiro atoms. The van der Waals surface area contributed by atoms with Gasteiger partial charge in [-0.1, -0.05) is 84.9 Å². The molecule has 2 nitrogen and oxygen atoms in total. The fraction of sp³-hybridized carbons (Fsp3) is 0.310. The first-order chi connectivity index (χ1) is 14.9. The minimum atomic E-state index is 0. The third kappa shape index (κ3) is 5.32. The molecule has 1 aliphatic heterocycles. The number of hydrogen-bond acceptors (Lipinski definition) is 1. The van der Waals surface area contributed by atoms with Crippen molar-refractivity contribution in [3.63, 3.8) is 0 Å². The van der Waals surface area contributed by atoms with Gasteiger partial charge < -0.3 is 10.4 Å². The molecule has 5 rings (SSSR count). The maximum Gasteiger partial charge on any atom is 0.00162 e. The molecule has 0 bridgehead atoms. The highest BCUT2D eigenvalue weighted by Gasteiger charge is 2.20. The van der Waals surface area contributed by atoms with E-state index in [0.29, 0.717) is 0 Å². The normalized spacial score (nSPS) is 16.1. The number of aryl methyl sites for hydroxylation is 2. The lowest BCUT2D eigenvalue weighted by atomic mass is 9.89. The van der Waals surface area contributed by atoms with Crippen LogP contribution in [0.5, 0.6) is 0 Å². The molecule has 32 heavy (non-hydrogen) atoms. The fourth-order valence-corrected chi connectivity index (χ4v) is 5.24. The van der Waals surface area contributed by atoms with E-state index in [0.717, 1.165) is 31.7 Å². The van der Waals surface area contributed by atoms with E-state index in [-0.39, 0.29) is 17.9 Å². The molecule has 3 aromatic rings. The van der Waals surface area contributed by atoms with Crippen molar-refractivity contribution in [2.45, 2.75) is 38.0 Å². The fourth-order valence-electron chi connectivity index (χ4n) is 5.24. The molecule has 0 unspecified atom stereocenters. The molecular weight excluding hydrogens is 414 g/mol. The summed E-state index contributed by atoms with van der Waals surface area (Å²) < 4.78 is 0. The van der Waals surface area contributed by atoms with E-state index in [4.69, 9.17) is 0 Å². The molecule has 3 aromatic carbocycles. The number of halogens is 1. The Bertz CT molecular complexity index is 973. The minimum absolute atomic E-state index is 0. The van der Waals surface area contributed by atoms with Crippen molar-refractivity contribution in [2.75, 3.05) is 19.6 Å². The second-order valence-corrected chi connectivity index (χ2v) is 8.75. The van der Waals surface area contributed by atoms with Gasteiger partial charge in [0.25, 0.3) is 0 Å². The van der Waals surface area contributed by atoms with E-state index in [9.17, 15) is 0 Å². The van der Waals surface area contributed by atoms with Crippen LogP contribution in [0.4, 0.5) is 0 Å². The average Bonchev–Trinajstić information content (AvgIpc) is 2.97. The van der Waals surface area contributed by atoms with Gasteiger partial charge >= 0.3 is 0 Å². The molecule has 0 saturated carbocycles. The molecule has 168 valence electrons. The van der Waals surface area contributed by atoms with Gasteiger partial charge in [-0.2, -0.15) is 0 Å². The molecule has 0 radical (unpaired) electrons. The highest BCUT2D eigenvalue weighted by molar-refractivity contribution is 5.85. The molecule has 2 N–H and O–H groups in total. The molecular formula is C29H34ClNO. The smallest absolute Gasteiger partial charge is 0.00162 e. The van der Waals surface area contributed by atoms with E-state index in [1.165, 1.54) is 59.3 Å². The summed E-state index contributed by atoms with van der Waals surface area (Å²) in [6.45, 7) is 3.60. The van der Waals surface area contributed by atoms with Crippen molar-refractivity contribution in [3.8, 4) is 0 Å². The maximum atomic E-state index is 2.66. The molecule has 2 aliphatic rings. The zero-order valence-electron chi connectivity index (χ0n) is 18.7. The summed E-state index contributed by atoms with van der Waals surface area (Å²) in [4.78, 5) is 2.66. The third-order valence-electron chi connectivity index (χ3n) is 6.93. The van der Waals surface area contributed by atoms with E-state index in [1.54, 1.807) is 0 Å². The van der Waals surface area contributed by atoms with Crippen molar-refractivity contribution >= 4 is 18.0 Å². The van der Waals surface area contributed by atoms with Crippen LogP contribution in [-0.2, 0) is 12.8 Å². The Labute approximate surface area is 198 Å². The lowest BCUT2D eigenvalue weighted by Gasteiger charge is -2.32. The molecule has 1 fully saturated rings. The number of likely N-dealkylation sites (tertiary alicyclic amines) is 1. The van der Waals surface area contributed by atoms with Gasteiger partial charge in [0.05, 0.1) is 0 Å². The number of fused-ring (bicyclic) bond motifs is 2. The summed E-state index contributed by atoms with van der Waals surface area (Å²) in [5, 5.41) is 0. The monoisotopic (exact) mass is 447 g/mol. The summed E-state index contributed by atoms with van der Waals surface area (Å²) >= 11 is 0. The van der Waals surface area contributed by atoms with Crippen LogP contribution >= 0.6 is 12.4 Å². The first-order valence-corrected chi connectivity index (χ1v) is 11.5. The number of benzene rings is 3. The largest absolute Gasteiger partial charge is 0.412 e. The summed E-state index contributed by atoms with van der Waals surface area (Å²) in [6, 6.07) is 29.1. The first-order valence-electron chi connectivity index (χ1n) is 11.5. The summed E-state index contributed by atoms with van der Waals surface area (Å²) in [5.74, 6) is 0.737. The van der Waals surface area contributed by atoms with Gasteiger partial charge in [-0.05, 0) is 84.5 Å². The van der Waals surface area contributed by atoms with E-state index in [1.807, 2.05) is 0 Å².